The molecule has 2 aliphatic carbocycles. The molecule has 0 aromatic heterocycles. The Hall–Kier alpha value is -1.12. The monoisotopic (exact) mass is 256 g/mol. The molecular weight excluding hydrogens is 232 g/mol. The number of nitrogens with one attached hydrogen (secondary N) is 1. The largest absolute Gasteiger partial charge is 0.324 e. The summed E-state index contributed by atoms with van der Waals surface area (Å²) in [7, 11) is 0. The predicted molar refractivity (Wildman–Crippen MR) is 79.9 cm³/mol. The van der Waals surface area contributed by atoms with Gasteiger partial charge in [-0.05, 0) is 56.2 Å². The fraction of sp³-hybridized carbons (Fsp3) is 0.529. The van der Waals surface area contributed by atoms with Crippen LogP contribution in [0.25, 0.3) is 0 Å². The Balaban J connectivity index is 1.55. The molecule has 19 heavy (non-hydrogen) atoms. The fourth-order valence-corrected chi connectivity index (χ4v) is 3.41. The number of fused-ring (bicyclic) bond motifs is 1. The van der Waals surface area contributed by atoms with Crippen LogP contribution in [0.15, 0.2) is 35.9 Å². The SMILES string of the molecule is NC1CC(NCCC2=CCCCC2)c2ccccc21. The van der Waals surface area contributed by atoms with E-state index in [0.29, 0.717) is 6.04 Å². The molecule has 1 aromatic carbocycles. The van der Waals surface area contributed by atoms with Crippen LogP contribution in [-0.4, -0.2) is 6.54 Å². The van der Waals surface area contributed by atoms with Crippen LogP contribution in [0.2, 0.25) is 0 Å². The zero-order chi connectivity index (χ0) is 13.1. The van der Waals surface area contributed by atoms with Crippen LogP contribution in [-0.2, 0) is 0 Å². The molecule has 2 unspecified atom stereocenters. The molecule has 0 amide bonds. The zero-order valence-electron chi connectivity index (χ0n) is 11.6. The Bertz CT molecular complexity index is 464. The maximum atomic E-state index is 6.20. The van der Waals surface area contributed by atoms with Gasteiger partial charge >= 0.3 is 0 Å². The topological polar surface area (TPSA) is 38.0 Å². The third-order valence-electron chi connectivity index (χ3n) is 4.48. The van der Waals surface area contributed by atoms with E-state index in [1.807, 2.05) is 0 Å². The van der Waals surface area contributed by atoms with E-state index < -0.39 is 0 Å². The standard InChI is InChI=1S/C17H24N2/c18-16-12-17(15-9-5-4-8-14(15)16)19-11-10-13-6-2-1-3-7-13/h4-6,8-9,16-17,19H,1-3,7,10-12,18H2. The fourth-order valence-electron chi connectivity index (χ4n) is 3.41. The van der Waals surface area contributed by atoms with Crippen molar-refractivity contribution in [2.75, 3.05) is 6.54 Å². The summed E-state index contributed by atoms with van der Waals surface area (Å²) in [6.45, 7) is 1.08. The van der Waals surface area contributed by atoms with Crippen LogP contribution >= 0.6 is 0 Å². The Morgan fingerprint density at radius 3 is 2.79 bits per heavy atom. The number of hydrogen-bond donors (Lipinski definition) is 2. The second-order valence-corrected chi connectivity index (χ2v) is 5.84. The summed E-state index contributed by atoms with van der Waals surface area (Å²) in [4.78, 5) is 0. The van der Waals surface area contributed by atoms with Crippen molar-refractivity contribution in [3.05, 3.63) is 47.0 Å². The Morgan fingerprint density at radius 1 is 1.16 bits per heavy atom. The summed E-state index contributed by atoms with van der Waals surface area (Å²) in [6.07, 6.45) is 10.0. The first-order chi connectivity index (χ1) is 9.34. The van der Waals surface area contributed by atoms with E-state index in [4.69, 9.17) is 5.73 Å². The van der Waals surface area contributed by atoms with E-state index in [1.165, 1.54) is 43.2 Å². The number of nitrogens with two attached hydrogens (primary N) is 1. The second kappa shape index (κ2) is 5.89. The van der Waals surface area contributed by atoms with Crippen molar-refractivity contribution in [3.8, 4) is 0 Å². The molecule has 3 rings (SSSR count). The van der Waals surface area contributed by atoms with Crippen LogP contribution in [0.3, 0.4) is 0 Å². The van der Waals surface area contributed by atoms with Crippen molar-refractivity contribution in [2.45, 2.75) is 50.6 Å². The van der Waals surface area contributed by atoms with Crippen molar-refractivity contribution in [2.24, 2.45) is 5.73 Å². The van der Waals surface area contributed by atoms with E-state index in [1.54, 1.807) is 5.57 Å². The smallest absolute Gasteiger partial charge is 0.0341 e. The molecule has 0 heterocycles. The summed E-state index contributed by atoms with van der Waals surface area (Å²) in [5, 5.41) is 3.69. The van der Waals surface area contributed by atoms with Crippen molar-refractivity contribution < 1.29 is 0 Å². The Labute approximate surface area is 116 Å². The molecule has 0 saturated carbocycles. The molecule has 1 aromatic rings. The minimum atomic E-state index is 0.211. The first-order valence-electron chi connectivity index (χ1n) is 7.60. The van der Waals surface area contributed by atoms with Crippen molar-refractivity contribution in [1.82, 2.24) is 5.32 Å². The van der Waals surface area contributed by atoms with Crippen LogP contribution in [0.5, 0.6) is 0 Å². The number of hydrogen-bond acceptors (Lipinski definition) is 2. The maximum Gasteiger partial charge on any atom is 0.0341 e. The van der Waals surface area contributed by atoms with E-state index in [-0.39, 0.29) is 6.04 Å². The minimum absolute atomic E-state index is 0.211. The molecule has 0 saturated heterocycles. The van der Waals surface area contributed by atoms with Crippen LogP contribution < -0.4 is 11.1 Å². The van der Waals surface area contributed by atoms with Crippen molar-refractivity contribution in [3.63, 3.8) is 0 Å². The Morgan fingerprint density at radius 2 is 2.00 bits per heavy atom. The molecule has 0 radical (unpaired) electrons. The van der Waals surface area contributed by atoms with E-state index in [2.05, 4.69) is 35.7 Å². The van der Waals surface area contributed by atoms with E-state index in [9.17, 15) is 0 Å². The first kappa shape index (κ1) is 12.9. The lowest BCUT2D eigenvalue weighted by atomic mass is 9.97. The predicted octanol–water partition coefficient (Wildman–Crippen LogP) is 3.61. The van der Waals surface area contributed by atoms with Crippen LogP contribution in [0.1, 0.15) is 61.7 Å². The molecule has 0 aliphatic heterocycles. The molecule has 102 valence electrons. The lowest BCUT2D eigenvalue weighted by Gasteiger charge is -2.16. The number of allylic oxidation sites excluding steroid dienone is 1. The summed E-state index contributed by atoms with van der Waals surface area (Å²) < 4.78 is 0. The normalized spacial score (nSPS) is 26.1. The van der Waals surface area contributed by atoms with E-state index in [0.717, 1.165) is 13.0 Å². The minimum Gasteiger partial charge on any atom is -0.324 e. The molecule has 0 spiro atoms. The number of benzene rings is 1. The van der Waals surface area contributed by atoms with Gasteiger partial charge in [-0.15, -0.1) is 0 Å². The third-order valence-corrected chi connectivity index (χ3v) is 4.48. The average molecular weight is 256 g/mol. The van der Waals surface area contributed by atoms with Gasteiger partial charge < -0.3 is 11.1 Å². The van der Waals surface area contributed by atoms with Gasteiger partial charge in [-0.1, -0.05) is 35.9 Å². The van der Waals surface area contributed by atoms with Crippen molar-refractivity contribution >= 4 is 0 Å². The number of rotatable bonds is 4. The quantitative estimate of drug-likeness (QED) is 0.808. The molecule has 3 N–H and O–H groups in total. The van der Waals surface area contributed by atoms with Gasteiger partial charge in [0, 0.05) is 12.1 Å². The zero-order valence-corrected chi connectivity index (χ0v) is 11.6. The van der Waals surface area contributed by atoms with E-state index >= 15 is 0 Å². The summed E-state index contributed by atoms with van der Waals surface area (Å²) >= 11 is 0. The molecular formula is C17H24N2. The van der Waals surface area contributed by atoms with Crippen LogP contribution in [0, 0.1) is 0 Å². The van der Waals surface area contributed by atoms with Gasteiger partial charge in [-0.3, -0.25) is 0 Å². The average Bonchev–Trinajstić information content (AvgIpc) is 2.78. The maximum absolute atomic E-state index is 6.20. The summed E-state index contributed by atoms with van der Waals surface area (Å²) in [5.41, 5.74) is 10.6. The summed E-state index contributed by atoms with van der Waals surface area (Å²) in [5.74, 6) is 0. The highest BCUT2D eigenvalue weighted by atomic mass is 14.9. The van der Waals surface area contributed by atoms with Gasteiger partial charge in [-0.2, -0.15) is 0 Å². The van der Waals surface area contributed by atoms with Gasteiger partial charge in [0.15, 0.2) is 0 Å². The molecule has 2 atom stereocenters. The first-order valence-corrected chi connectivity index (χ1v) is 7.60. The molecule has 0 fully saturated rings. The molecule has 2 aliphatic rings. The Kier molecular flexibility index (Phi) is 4.00. The van der Waals surface area contributed by atoms with Gasteiger partial charge in [0.05, 0.1) is 0 Å². The highest BCUT2D eigenvalue weighted by Crippen LogP contribution is 2.36. The molecule has 0 bridgehead atoms. The molecule has 2 heteroatoms. The van der Waals surface area contributed by atoms with Gasteiger partial charge in [0.25, 0.3) is 0 Å². The highest BCUT2D eigenvalue weighted by Gasteiger charge is 2.27. The second-order valence-electron chi connectivity index (χ2n) is 5.84. The highest BCUT2D eigenvalue weighted by molar-refractivity contribution is 5.37. The van der Waals surface area contributed by atoms with Gasteiger partial charge in [0.1, 0.15) is 0 Å². The summed E-state index contributed by atoms with van der Waals surface area (Å²) in [6, 6.07) is 9.27. The van der Waals surface area contributed by atoms with Gasteiger partial charge in [0.2, 0.25) is 0 Å². The lowest BCUT2D eigenvalue weighted by Crippen LogP contribution is -2.21. The van der Waals surface area contributed by atoms with Crippen LogP contribution in [0.4, 0.5) is 0 Å². The third kappa shape index (κ3) is 2.90. The van der Waals surface area contributed by atoms with Crippen molar-refractivity contribution in [1.29, 1.82) is 0 Å². The lowest BCUT2D eigenvalue weighted by molar-refractivity contribution is 0.497. The molecule has 2 nitrogen and oxygen atoms in total. The van der Waals surface area contributed by atoms with Gasteiger partial charge in [-0.25, -0.2) is 0 Å².